The Kier molecular flexibility index (Phi) is 4.70. The normalized spacial score (nSPS) is 25.1. The van der Waals surface area contributed by atoms with Crippen molar-refractivity contribution in [2.75, 3.05) is 7.05 Å². The molecular formula is C13H16ClNO2. The van der Waals surface area contributed by atoms with Crippen LogP contribution in [0.25, 0.3) is 0 Å². The van der Waals surface area contributed by atoms with Gasteiger partial charge in [0.05, 0.1) is 0 Å². The highest BCUT2D eigenvalue weighted by atomic mass is 35.5. The fourth-order valence-corrected chi connectivity index (χ4v) is 1.83. The van der Waals surface area contributed by atoms with Gasteiger partial charge in [0.1, 0.15) is 11.5 Å². The number of halogens is 1. The molecule has 0 saturated heterocycles. The van der Waals surface area contributed by atoms with Gasteiger partial charge in [0.25, 0.3) is 0 Å². The molecule has 4 heteroatoms. The minimum absolute atomic E-state index is 0.00762. The van der Waals surface area contributed by atoms with Crippen molar-refractivity contribution >= 4 is 23.1 Å². The number of carbonyl (C=O) groups excluding carboxylic acids is 1. The van der Waals surface area contributed by atoms with Gasteiger partial charge in [-0.3, -0.25) is 9.79 Å². The van der Waals surface area contributed by atoms with E-state index in [9.17, 15) is 9.90 Å². The van der Waals surface area contributed by atoms with Gasteiger partial charge < -0.3 is 5.11 Å². The van der Waals surface area contributed by atoms with Crippen LogP contribution in [0.5, 0.6) is 0 Å². The molecule has 1 N–H and O–H groups in total. The molecule has 1 aliphatic carbocycles. The maximum atomic E-state index is 11.8. The Bertz CT molecular complexity index is 433. The van der Waals surface area contributed by atoms with Crippen LogP contribution < -0.4 is 0 Å². The fourth-order valence-electron chi connectivity index (χ4n) is 1.73. The molecule has 17 heavy (non-hydrogen) atoms. The highest BCUT2D eigenvalue weighted by Gasteiger charge is 2.29. The smallest absolute Gasteiger partial charge is 0.165 e. The van der Waals surface area contributed by atoms with Gasteiger partial charge in [-0.05, 0) is 18.9 Å². The minimum atomic E-state index is -0.0677. The number of aliphatic hydroxyl groups excluding tert-OH is 1. The number of allylic oxidation sites excluding steroid dienone is 4. The molecule has 0 aromatic heterocycles. The molecule has 0 bridgehead atoms. The Morgan fingerprint density at radius 2 is 2.29 bits per heavy atom. The summed E-state index contributed by atoms with van der Waals surface area (Å²) in [6.45, 7) is 5.37. The van der Waals surface area contributed by atoms with Crippen LogP contribution in [0.15, 0.2) is 40.1 Å². The predicted octanol–water partition coefficient (Wildman–Crippen LogP) is 3.18. The van der Waals surface area contributed by atoms with E-state index in [-0.39, 0.29) is 17.5 Å². The van der Waals surface area contributed by atoms with Gasteiger partial charge in [-0.1, -0.05) is 31.2 Å². The van der Waals surface area contributed by atoms with Crippen molar-refractivity contribution in [1.29, 1.82) is 0 Å². The summed E-state index contributed by atoms with van der Waals surface area (Å²) in [4.78, 5) is 15.7. The standard InChI is InChI=1S/C13H16ClNO2/c1-4-9(14)7-11(15-3)13(17)10-6-5-8(2)12(10)16/h4,7-8,17H,1,5-6H2,2-3H3/b9-7+,13-10-,15-11?. The van der Waals surface area contributed by atoms with E-state index < -0.39 is 0 Å². The van der Waals surface area contributed by atoms with Crippen molar-refractivity contribution in [1.82, 2.24) is 0 Å². The first-order valence-corrected chi connectivity index (χ1v) is 5.82. The van der Waals surface area contributed by atoms with E-state index in [0.29, 0.717) is 22.7 Å². The Balaban J connectivity index is 3.11. The van der Waals surface area contributed by atoms with Gasteiger partial charge in [0, 0.05) is 23.6 Å². The molecule has 1 rings (SSSR count). The summed E-state index contributed by atoms with van der Waals surface area (Å²) in [6, 6.07) is 0. The number of ketones is 1. The number of nitrogens with zero attached hydrogens (tertiary/aromatic N) is 1. The van der Waals surface area contributed by atoms with Gasteiger partial charge in [0.15, 0.2) is 5.78 Å². The minimum Gasteiger partial charge on any atom is -0.505 e. The molecule has 0 aromatic carbocycles. The van der Waals surface area contributed by atoms with Crippen molar-refractivity contribution in [3.8, 4) is 0 Å². The largest absolute Gasteiger partial charge is 0.505 e. The third-order valence-corrected chi connectivity index (χ3v) is 3.07. The van der Waals surface area contributed by atoms with E-state index in [2.05, 4.69) is 11.6 Å². The Morgan fingerprint density at radius 3 is 2.71 bits per heavy atom. The van der Waals surface area contributed by atoms with Crippen LogP contribution >= 0.6 is 11.6 Å². The molecule has 1 aliphatic rings. The molecule has 0 heterocycles. The molecule has 3 nitrogen and oxygen atoms in total. The van der Waals surface area contributed by atoms with Crippen molar-refractivity contribution in [2.24, 2.45) is 10.9 Å². The van der Waals surface area contributed by atoms with Crippen molar-refractivity contribution in [3.05, 3.63) is 35.1 Å². The lowest BCUT2D eigenvalue weighted by atomic mass is 10.1. The fraction of sp³-hybridized carbons (Fsp3) is 0.385. The summed E-state index contributed by atoms with van der Waals surface area (Å²) < 4.78 is 0. The number of hydrogen-bond acceptors (Lipinski definition) is 3. The van der Waals surface area contributed by atoms with Crippen LogP contribution in [0.4, 0.5) is 0 Å². The topological polar surface area (TPSA) is 49.7 Å². The van der Waals surface area contributed by atoms with E-state index in [1.165, 1.54) is 12.2 Å². The number of Topliss-reactive ketones (excluding diaryl/α,β-unsaturated/α-hetero) is 1. The van der Waals surface area contributed by atoms with Crippen LogP contribution in [-0.2, 0) is 4.79 Å². The summed E-state index contributed by atoms with van der Waals surface area (Å²) >= 11 is 5.80. The molecule has 0 amide bonds. The number of carbonyl (C=O) groups is 1. The Morgan fingerprint density at radius 1 is 1.65 bits per heavy atom. The molecular weight excluding hydrogens is 238 g/mol. The summed E-state index contributed by atoms with van der Waals surface area (Å²) in [6.07, 6.45) is 4.30. The zero-order valence-corrected chi connectivity index (χ0v) is 10.8. The number of aliphatic imine (C=N–C) groups is 1. The second-order valence-corrected chi connectivity index (χ2v) is 4.41. The van der Waals surface area contributed by atoms with E-state index in [1.807, 2.05) is 6.92 Å². The zero-order valence-electron chi connectivity index (χ0n) is 10.0. The second-order valence-electron chi connectivity index (χ2n) is 3.97. The molecule has 0 aromatic rings. The van der Waals surface area contributed by atoms with E-state index in [0.717, 1.165) is 6.42 Å². The summed E-state index contributed by atoms with van der Waals surface area (Å²) in [7, 11) is 1.54. The van der Waals surface area contributed by atoms with Gasteiger partial charge in [-0.2, -0.15) is 0 Å². The average Bonchev–Trinajstić information content (AvgIpc) is 2.66. The first kappa shape index (κ1) is 13.7. The van der Waals surface area contributed by atoms with Crippen LogP contribution in [0.3, 0.4) is 0 Å². The molecule has 1 atom stereocenters. The molecule has 92 valence electrons. The third-order valence-electron chi connectivity index (χ3n) is 2.81. The predicted molar refractivity (Wildman–Crippen MR) is 70.6 cm³/mol. The van der Waals surface area contributed by atoms with Gasteiger partial charge in [-0.25, -0.2) is 0 Å². The van der Waals surface area contributed by atoms with Crippen LogP contribution in [0, 0.1) is 5.92 Å². The number of rotatable bonds is 3. The molecule has 0 spiro atoms. The van der Waals surface area contributed by atoms with Crippen molar-refractivity contribution < 1.29 is 9.90 Å². The molecule has 1 unspecified atom stereocenters. The lowest BCUT2D eigenvalue weighted by Gasteiger charge is -2.04. The summed E-state index contributed by atoms with van der Waals surface area (Å²) in [5.41, 5.74) is 0.759. The van der Waals surface area contributed by atoms with Crippen LogP contribution in [0.2, 0.25) is 0 Å². The Labute approximate surface area is 106 Å². The maximum absolute atomic E-state index is 11.8. The summed E-state index contributed by atoms with van der Waals surface area (Å²) in [5, 5.41) is 10.4. The monoisotopic (exact) mass is 253 g/mol. The van der Waals surface area contributed by atoms with E-state index >= 15 is 0 Å². The lowest BCUT2D eigenvalue weighted by molar-refractivity contribution is -0.117. The maximum Gasteiger partial charge on any atom is 0.165 e. The Hall–Kier alpha value is -1.35. The van der Waals surface area contributed by atoms with Gasteiger partial charge >= 0.3 is 0 Å². The van der Waals surface area contributed by atoms with Gasteiger partial charge in [-0.15, -0.1) is 0 Å². The molecule has 1 saturated carbocycles. The highest BCUT2D eigenvalue weighted by Crippen LogP contribution is 2.28. The number of hydrogen-bond donors (Lipinski definition) is 1. The first-order valence-electron chi connectivity index (χ1n) is 5.44. The second kappa shape index (κ2) is 5.82. The van der Waals surface area contributed by atoms with Crippen molar-refractivity contribution in [2.45, 2.75) is 19.8 Å². The zero-order chi connectivity index (χ0) is 13.0. The summed E-state index contributed by atoms with van der Waals surface area (Å²) in [5.74, 6) is -0.0993. The molecule has 0 aliphatic heterocycles. The van der Waals surface area contributed by atoms with E-state index in [4.69, 9.17) is 11.6 Å². The third kappa shape index (κ3) is 3.07. The van der Waals surface area contributed by atoms with Crippen LogP contribution in [0.1, 0.15) is 19.8 Å². The van der Waals surface area contributed by atoms with Gasteiger partial charge in [0.2, 0.25) is 0 Å². The SMILES string of the molecule is C=C/C(Cl)=C\C(=NC)/C(O)=C1\CCC(C)C1=O. The first-order chi connectivity index (χ1) is 8.01. The quantitative estimate of drug-likeness (QED) is 0.363. The molecule has 0 radical (unpaired) electrons. The number of aliphatic hydroxyl groups is 1. The highest BCUT2D eigenvalue weighted by molar-refractivity contribution is 6.33. The lowest BCUT2D eigenvalue weighted by Crippen LogP contribution is -2.09. The van der Waals surface area contributed by atoms with Crippen LogP contribution in [-0.4, -0.2) is 23.6 Å². The van der Waals surface area contributed by atoms with E-state index in [1.54, 1.807) is 7.05 Å². The average molecular weight is 254 g/mol. The molecule has 1 fully saturated rings. The van der Waals surface area contributed by atoms with Crippen molar-refractivity contribution in [3.63, 3.8) is 0 Å².